The van der Waals surface area contributed by atoms with Gasteiger partial charge in [0.15, 0.2) is 0 Å². The van der Waals surface area contributed by atoms with Crippen LogP contribution in [-0.2, 0) is 5.75 Å². The predicted octanol–water partition coefficient (Wildman–Crippen LogP) is 4.58. The summed E-state index contributed by atoms with van der Waals surface area (Å²) in [6.07, 6.45) is 5.43. The Labute approximate surface area is 161 Å². The zero-order valence-electron chi connectivity index (χ0n) is 14.8. The van der Waals surface area contributed by atoms with Crippen molar-refractivity contribution < 1.29 is 4.79 Å². The first-order chi connectivity index (χ1) is 13.2. The third-order valence-corrected chi connectivity index (χ3v) is 5.07. The monoisotopic (exact) mass is 374 g/mol. The molecule has 0 aliphatic carbocycles. The summed E-state index contributed by atoms with van der Waals surface area (Å²) in [5.74, 6) is 0.569. The predicted molar refractivity (Wildman–Crippen MR) is 108 cm³/mol. The second kappa shape index (κ2) is 7.63. The third kappa shape index (κ3) is 4.17. The molecule has 0 bridgehead atoms. The van der Waals surface area contributed by atoms with Crippen LogP contribution in [0, 0.1) is 6.92 Å². The molecular weight excluding hydrogens is 356 g/mol. The smallest absolute Gasteiger partial charge is 0.275 e. The number of pyridine rings is 2. The van der Waals surface area contributed by atoms with Crippen molar-refractivity contribution in [3.8, 4) is 0 Å². The van der Waals surface area contributed by atoms with Crippen LogP contribution in [0.3, 0.4) is 0 Å². The number of anilines is 1. The molecule has 0 aliphatic heterocycles. The molecule has 6 heteroatoms. The Kier molecular flexibility index (Phi) is 4.89. The minimum atomic E-state index is -0.217. The van der Waals surface area contributed by atoms with E-state index in [0.717, 1.165) is 33.2 Å². The van der Waals surface area contributed by atoms with Crippen LogP contribution in [0.1, 0.15) is 21.6 Å². The van der Waals surface area contributed by atoms with Gasteiger partial charge in [0.25, 0.3) is 5.91 Å². The van der Waals surface area contributed by atoms with E-state index in [4.69, 9.17) is 0 Å². The Hall–Kier alpha value is -3.12. The quantitative estimate of drug-likeness (QED) is 0.519. The number of hydrogen-bond acceptors (Lipinski definition) is 4. The first-order valence-electron chi connectivity index (χ1n) is 8.57. The van der Waals surface area contributed by atoms with Gasteiger partial charge >= 0.3 is 0 Å². The van der Waals surface area contributed by atoms with Gasteiger partial charge in [-0.25, -0.2) is 9.97 Å². The summed E-state index contributed by atoms with van der Waals surface area (Å²) in [5, 5.41) is 3.91. The second-order valence-electron chi connectivity index (χ2n) is 6.21. The number of benzene rings is 1. The van der Waals surface area contributed by atoms with Crippen LogP contribution in [0.2, 0.25) is 0 Å². The molecule has 134 valence electrons. The molecule has 3 aromatic heterocycles. The molecule has 27 heavy (non-hydrogen) atoms. The maximum absolute atomic E-state index is 12.6. The molecule has 0 saturated heterocycles. The lowest BCUT2D eigenvalue weighted by atomic mass is 10.2. The zero-order valence-corrected chi connectivity index (χ0v) is 15.6. The van der Waals surface area contributed by atoms with E-state index in [2.05, 4.69) is 15.3 Å². The number of hydrogen-bond donors (Lipinski definition) is 1. The highest BCUT2D eigenvalue weighted by atomic mass is 32.2. The fourth-order valence-electron chi connectivity index (χ4n) is 2.72. The van der Waals surface area contributed by atoms with Crippen molar-refractivity contribution in [2.45, 2.75) is 17.7 Å². The van der Waals surface area contributed by atoms with Gasteiger partial charge in [0.1, 0.15) is 11.3 Å². The SMILES string of the molecule is Cc1ccn2cc(C(=O)Nc3cccc(CSc4ccccn4)c3)nc2c1. The topological polar surface area (TPSA) is 59.3 Å². The first kappa shape index (κ1) is 17.3. The lowest BCUT2D eigenvalue weighted by Gasteiger charge is -2.06. The van der Waals surface area contributed by atoms with Crippen LogP contribution in [-0.4, -0.2) is 20.3 Å². The Balaban J connectivity index is 1.46. The Morgan fingerprint density at radius 3 is 2.93 bits per heavy atom. The van der Waals surface area contributed by atoms with E-state index in [0.29, 0.717) is 5.69 Å². The number of imidazole rings is 1. The molecular formula is C21H18N4OS. The molecule has 0 fully saturated rings. The average Bonchev–Trinajstić information content (AvgIpc) is 3.11. The Bertz CT molecular complexity index is 1090. The highest BCUT2D eigenvalue weighted by molar-refractivity contribution is 7.98. The fourth-order valence-corrected chi connectivity index (χ4v) is 3.52. The van der Waals surface area contributed by atoms with Gasteiger partial charge in [-0.15, -0.1) is 11.8 Å². The molecule has 1 aromatic carbocycles. The van der Waals surface area contributed by atoms with Gasteiger partial charge in [0.05, 0.1) is 5.03 Å². The molecule has 4 aromatic rings. The number of aromatic nitrogens is 3. The van der Waals surface area contributed by atoms with E-state index >= 15 is 0 Å². The summed E-state index contributed by atoms with van der Waals surface area (Å²) in [5.41, 5.74) is 4.15. The zero-order chi connectivity index (χ0) is 18.6. The fraction of sp³-hybridized carbons (Fsp3) is 0.0952. The van der Waals surface area contributed by atoms with Crippen molar-refractivity contribution in [1.29, 1.82) is 0 Å². The third-order valence-electron chi connectivity index (χ3n) is 4.06. The summed E-state index contributed by atoms with van der Waals surface area (Å²) < 4.78 is 1.85. The van der Waals surface area contributed by atoms with Crippen LogP contribution in [0.25, 0.3) is 5.65 Å². The molecule has 0 saturated carbocycles. The van der Waals surface area contributed by atoms with Gasteiger partial charge in [-0.2, -0.15) is 0 Å². The maximum atomic E-state index is 12.6. The molecule has 5 nitrogen and oxygen atoms in total. The van der Waals surface area contributed by atoms with Gasteiger partial charge in [-0.1, -0.05) is 18.2 Å². The van der Waals surface area contributed by atoms with E-state index in [1.807, 2.05) is 72.1 Å². The number of carbonyl (C=O) groups excluding carboxylic acids is 1. The maximum Gasteiger partial charge on any atom is 0.275 e. The Morgan fingerprint density at radius 1 is 1.15 bits per heavy atom. The highest BCUT2D eigenvalue weighted by Gasteiger charge is 2.11. The Morgan fingerprint density at radius 2 is 2.07 bits per heavy atom. The summed E-state index contributed by atoms with van der Waals surface area (Å²) in [6, 6.07) is 17.6. The molecule has 1 amide bonds. The number of aryl methyl sites for hydroxylation is 1. The number of fused-ring (bicyclic) bond motifs is 1. The number of nitrogens with zero attached hydrogens (tertiary/aromatic N) is 3. The van der Waals surface area contributed by atoms with Gasteiger partial charge in [0.2, 0.25) is 0 Å². The van der Waals surface area contributed by atoms with E-state index in [-0.39, 0.29) is 5.91 Å². The molecule has 3 heterocycles. The first-order valence-corrected chi connectivity index (χ1v) is 9.55. The molecule has 0 spiro atoms. The van der Waals surface area contributed by atoms with Gasteiger partial charge < -0.3 is 9.72 Å². The number of carbonyl (C=O) groups is 1. The minimum absolute atomic E-state index is 0.217. The average molecular weight is 374 g/mol. The van der Waals surface area contributed by atoms with E-state index in [9.17, 15) is 4.79 Å². The van der Waals surface area contributed by atoms with E-state index < -0.39 is 0 Å². The summed E-state index contributed by atoms with van der Waals surface area (Å²) in [4.78, 5) is 21.3. The summed E-state index contributed by atoms with van der Waals surface area (Å²) in [6.45, 7) is 2.00. The summed E-state index contributed by atoms with van der Waals surface area (Å²) >= 11 is 1.66. The standard InChI is InChI=1S/C21H18N4OS/c1-15-8-10-25-13-18(24-19(25)11-15)21(26)23-17-6-4-5-16(12-17)14-27-20-7-2-3-9-22-20/h2-13H,14H2,1H3,(H,23,26). The number of thioether (sulfide) groups is 1. The van der Waals surface area contributed by atoms with Crippen molar-refractivity contribution >= 4 is 29.0 Å². The molecule has 0 unspecified atom stereocenters. The number of nitrogens with one attached hydrogen (secondary N) is 1. The molecule has 1 N–H and O–H groups in total. The lowest BCUT2D eigenvalue weighted by molar-refractivity contribution is 0.102. The van der Waals surface area contributed by atoms with Crippen molar-refractivity contribution in [2.75, 3.05) is 5.32 Å². The number of rotatable bonds is 5. The molecule has 0 atom stereocenters. The van der Waals surface area contributed by atoms with E-state index in [1.165, 1.54) is 0 Å². The van der Waals surface area contributed by atoms with Crippen molar-refractivity contribution in [2.24, 2.45) is 0 Å². The largest absolute Gasteiger partial charge is 0.321 e. The lowest BCUT2D eigenvalue weighted by Crippen LogP contribution is -2.12. The van der Waals surface area contributed by atoms with Crippen LogP contribution in [0.4, 0.5) is 5.69 Å². The van der Waals surface area contributed by atoms with Crippen LogP contribution >= 0.6 is 11.8 Å². The van der Waals surface area contributed by atoms with Gasteiger partial charge in [-0.05, 0) is 54.4 Å². The molecule has 0 radical (unpaired) electrons. The number of amides is 1. The van der Waals surface area contributed by atoms with Gasteiger partial charge in [-0.3, -0.25) is 4.79 Å². The van der Waals surface area contributed by atoms with Crippen LogP contribution in [0.5, 0.6) is 0 Å². The molecule has 4 rings (SSSR count). The second-order valence-corrected chi connectivity index (χ2v) is 7.20. The van der Waals surface area contributed by atoms with Gasteiger partial charge in [0, 0.05) is 30.0 Å². The van der Waals surface area contributed by atoms with E-state index in [1.54, 1.807) is 24.2 Å². The van der Waals surface area contributed by atoms with Crippen LogP contribution in [0.15, 0.2) is 78.2 Å². The van der Waals surface area contributed by atoms with Crippen molar-refractivity contribution in [3.05, 3.63) is 90.0 Å². The van der Waals surface area contributed by atoms with Crippen molar-refractivity contribution in [1.82, 2.24) is 14.4 Å². The highest BCUT2D eigenvalue weighted by Crippen LogP contribution is 2.22. The normalized spacial score (nSPS) is 10.9. The van der Waals surface area contributed by atoms with Crippen molar-refractivity contribution in [3.63, 3.8) is 0 Å². The molecule has 0 aliphatic rings. The van der Waals surface area contributed by atoms with Crippen LogP contribution < -0.4 is 5.32 Å². The minimum Gasteiger partial charge on any atom is -0.321 e. The summed E-state index contributed by atoms with van der Waals surface area (Å²) in [7, 11) is 0.